The molecule has 0 saturated carbocycles. The van der Waals surface area contributed by atoms with E-state index in [1.165, 1.54) is 0 Å². The van der Waals surface area contributed by atoms with Crippen molar-refractivity contribution >= 4 is 17.8 Å². The number of rotatable bonds is 4. The number of hydrogen-bond donors (Lipinski definition) is 2. The summed E-state index contributed by atoms with van der Waals surface area (Å²) in [5, 5.41) is 5.64. The van der Waals surface area contributed by atoms with Crippen LogP contribution in [0.3, 0.4) is 0 Å². The van der Waals surface area contributed by atoms with Crippen molar-refractivity contribution in [1.29, 1.82) is 0 Å². The Kier molecular flexibility index (Phi) is 4.88. The van der Waals surface area contributed by atoms with Crippen LogP contribution < -0.4 is 24.8 Å². The number of imide groups is 1. The largest absolute Gasteiger partial charge is 0.493 e. The van der Waals surface area contributed by atoms with Gasteiger partial charge in [-0.25, -0.2) is 4.79 Å². The van der Waals surface area contributed by atoms with Gasteiger partial charge in [0, 0.05) is 12.0 Å². The van der Waals surface area contributed by atoms with Crippen molar-refractivity contribution in [1.82, 2.24) is 15.5 Å². The Morgan fingerprint density at radius 1 is 1.06 bits per heavy atom. The van der Waals surface area contributed by atoms with Crippen molar-refractivity contribution in [2.24, 2.45) is 0 Å². The summed E-state index contributed by atoms with van der Waals surface area (Å²) in [5.74, 6) is 0.976. The third-order valence-corrected chi connectivity index (χ3v) is 6.00. The molecule has 1 saturated heterocycles. The summed E-state index contributed by atoms with van der Waals surface area (Å²) in [5.41, 5.74) is 0.236. The lowest BCUT2D eigenvalue weighted by atomic mass is 9.84. The molecule has 0 aliphatic carbocycles. The zero-order valence-corrected chi connectivity index (χ0v) is 17.6. The molecule has 0 unspecified atom stereocenters. The minimum atomic E-state index is -1.20. The number of urea groups is 1. The van der Waals surface area contributed by atoms with Crippen molar-refractivity contribution in [2.45, 2.75) is 24.9 Å². The smallest absolute Gasteiger partial charge is 0.325 e. The summed E-state index contributed by atoms with van der Waals surface area (Å²) >= 11 is 0. The number of para-hydroxylation sites is 1. The third-order valence-electron chi connectivity index (χ3n) is 6.00. The van der Waals surface area contributed by atoms with Crippen molar-refractivity contribution in [2.75, 3.05) is 26.4 Å². The normalized spacial score (nSPS) is 22.1. The monoisotopic (exact) mass is 437 g/mol. The quantitative estimate of drug-likeness (QED) is 0.708. The Morgan fingerprint density at radius 2 is 1.81 bits per heavy atom. The molecule has 3 aliphatic rings. The molecule has 2 aromatic carbocycles. The van der Waals surface area contributed by atoms with E-state index in [4.69, 9.17) is 14.2 Å². The van der Waals surface area contributed by atoms with Gasteiger partial charge >= 0.3 is 6.03 Å². The highest BCUT2D eigenvalue weighted by Crippen LogP contribution is 2.41. The molecule has 0 aromatic heterocycles. The summed E-state index contributed by atoms with van der Waals surface area (Å²) in [6.07, 6.45) is 0.306. The molecule has 1 spiro atoms. The third kappa shape index (κ3) is 3.30. The molecule has 3 heterocycles. The van der Waals surface area contributed by atoms with Gasteiger partial charge in [-0.15, -0.1) is 0 Å². The molecule has 1 fully saturated rings. The van der Waals surface area contributed by atoms with Crippen LogP contribution in [-0.2, 0) is 15.1 Å². The molecule has 2 N–H and O–H groups in total. The first-order valence-corrected chi connectivity index (χ1v) is 10.5. The molecule has 2 aromatic rings. The number of carbonyl (C=O) groups excluding carboxylic acids is 3. The fourth-order valence-electron chi connectivity index (χ4n) is 4.36. The van der Waals surface area contributed by atoms with Gasteiger partial charge in [-0.05, 0) is 30.7 Å². The number of fused-ring (bicyclic) bond motifs is 3. The Hall–Kier alpha value is -3.75. The Morgan fingerprint density at radius 3 is 2.66 bits per heavy atom. The average molecular weight is 437 g/mol. The molecule has 0 bridgehead atoms. The van der Waals surface area contributed by atoms with E-state index in [-0.39, 0.29) is 12.6 Å². The van der Waals surface area contributed by atoms with E-state index in [0.29, 0.717) is 49.1 Å². The molecule has 4 amide bonds. The van der Waals surface area contributed by atoms with Crippen molar-refractivity contribution in [3.63, 3.8) is 0 Å². The predicted molar refractivity (Wildman–Crippen MR) is 112 cm³/mol. The first kappa shape index (κ1) is 20.2. The molecular weight excluding hydrogens is 414 g/mol. The summed E-state index contributed by atoms with van der Waals surface area (Å²) in [4.78, 5) is 39.6. The average Bonchev–Trinajstić information content (AvgIpc) is 3.03. The number of amides is 4. The van der Waals surface area contributed by atoms with E-state index in [1.807, 2.05) is 25.1 Å². The summed E-state index contributed by atoms with van der Waals surface area (Å²) < 4.78 is 16.7. The number of benzene rings is 2. The second kappa shape index (κ2) is 7.74. The second-order valence-corrected chi connectivity index (χ2v) is 8.01. The van der Waals surface area contributed by atoms with Gasteiger partial charge in [-0.3, -0.25) is 14.5 Å². The van der Waals surface area contributed by atoms with Gasteiger partial charge in [0.05, 0.1) is 12.6 Å². The van der Waals surface area contributed by atoms with Crippen molar-refractivity contribution < 1.29 is 28.6 Å². The van der Waals surface area contributed by atoms with E-state index in [1.54, 1.807) is 24.3 Å². The molecule has 2 atom stereocenters. The zero-order chi connectivity index (χ0) is 22.3. The molecule has 5 rings (SSSR count). The zero-order valence-electron chi connectivity index (χ0n) is 17.6. The summed E-state index contributed by atoms with van der Waals surface area (Å²) in [6, 6.07) is 11.7. The van der Waals surface area contributed by atoms with Crippen molar-refractivity contribution in [3.05, 3.63) is 53.6 Å². The lowest BCUT2D eigenvalue weighted by molar-refractivity contribution is -0.136. The minimum absolute atomic E-state index is 0.296. The van der Waals surface area contributed by atoms with E-state index >= 15 is 0 Å². The van der Waals surface area contributed by atoms with Crippen LogP contribution in [0.4, 0.5) is 4.79 Å². The fraction of sp³-hybridized carbons (Fsp3) is 0.348. The topological polar surface area (TPSA) is 106 Å². The van der Waals surface area contributed by atoms with Crippen LogP contribution in [0, 0.1) is 0 Å². The fourth-order valence-corrected chi connectivity index (χ4v) is 4.36. The number of carbonyl (C=O) groups is 3. The van der Waals surface area contributed by atoms with Crippen LogP contribution in [-0.4, -0.2) is 49.1 Å². The van der Waals surface area contributed by atoms with Crippen LogP contribution in [0.25, 0.3) is 0 Å². The predicted octanol–water partition coefficient (Wildman–Crippen LogP) is 1.86. The Bertz CT molecular complexity index is 1100. The molecular formula is C23H23N3O6. The number of nitrogens with zero attached hydrogens (tertiary/aromatic N) is 1. The van der Waals surface area contributed by atoms with Crippen LogP contribution in [0.1, 0.15) is 30.5 Å². The van der Waals surface area contributed by atoms with Gasteiger partial charge < -0.3 is 24.8 Å². The lowest BCUT2D eigenvalue weighted by Gasteiger charge is -2.33. The molecule has 32 heavy (non-hydrogen) atoms. The van der Waals surface area contributed by atoms with Gasteiger partial charge in [0.2, 0.25) is 5.91 Å². The van der Waals surface area contributed by atoms with Crippen molar-refractivity contribution in [3.8, 4) is 17.2 Å². The Balaban J connectivity index is 1.29. The standard InChI is InChI=1S/C23H23N3O6/c1-14(15-6-7-18-19(12-15)32-11-10-31-18)24-20(27)13-26-21(28)23(25-22(26)29)8-9-30-17-5-3-2-4-16(17)23/h2-7,12,14H,8-11,13H2,1H3,(H,24,27)(H,25,29)/t14-,23-/m0/s1. The molecule has 166 valence electrons. The lowest BCUT2D eigenvalue weighted by Crippen LogP contribution is -2.48. The van der Waals surface area contributed by atoms with Crippen LogP contribution in [0.5, 0.6) is 17.2 Å². The maximum absolute atomic E-state index is 13.3. The summed E-state index contributed by atoms with van der Waals surface area (Å²) in [7, 11) is 0. The SMILES string of the molecule is C[C@H](NC(=O)CN1C(=O)N[C@]2(CCOc3ccccc32)C1=O)c1ccc2c(c1)OCCO2. The first-order valence-electron chi connectivity index (χ1n) is 10.5. The molecule has 0 radical (unpaired) electrons. The van der Waals surface area contributed by atoms with Gasteiger partial charge in [0.25, 0.3) is 5.91 Å². The molecule has 9 nitrogen and oxygen atoms in total. The second-order valence-electron chi connectivity index (χ2n) is 8.01. The van der Waals surface area contributed by atoms with Crippen LogP contribution >= 0.6 is 0 Å². The Labute approximate surface area is 184 Å². The molecule has 9 heteroatoms. The van der Waals surface area contributed by atoms with E-state index in [2.05, 4.69) is 10.6 Å². The van der Waals surface area contributed by atoms with E-state index in [9.17, 15) is 14.4 Å². The minimum Gasteiger partial charge on any atom is -0.493 e. The van der Waals surface area contributed by atoms with Gasteiger partial charge in [0.1, 0.15) is 25.5 Å². The maximum atomic E-state index is 13.3. The highest BCUT2D eigenvalue weighted by atomic mass is 16.6. The number of nitrogens with one attached hydrogen (secondary N) is 2. The maximum Gasteiger partial charge on any atom is 0.325 e. The summed E-state index contributed by atoms with van der Waals surface area (Å²) in [6.45, 7) is 2.72. The van der Waals surface area contributed by atoms with Crippen LogP contribution in [0.2, 0.25) is 0 Å². The van der Waals surface area contributed by atoms with Crippen LogP contribution in [0.15, 0.2) is 42.5 Å². The van der Waals surface area contributed by atoms with Gasteiger partial charge in [-0.2, -0.15) is 0 Å². The number of hydrogen-bond acceptors (Lipinski definition) is 6. The van der Waals surface area contributed by atoms with E-state index in [0.717, 1.165) is 10.5 Å². The number of ether oxygens (including phenoxy) is 3. The highest BCUT2D eigenvalue weighted by Gasteiger charge is 2.55. The van der Waals surface area contributed by atoms with Gasteiger partial charge in [-0.1, -0.05) is 24.3 Å². The highest BCUT2D eigenvalue weighted by molar-refractivity contribution is 6.09. The van der Waals surface area contributed by atoms with Gasteiger partial charge in [0.15, 0.2) is 17.0 Å². The van der Waals surface area contributed by atoms with E-state index < -0.39 is 23.4 Å². The molecule has 3 aliphatic heterocycles. The first-order chi connectivity index (χ1) is 15.5.